The molecule has 1 aliphatic rings. The number of aliphatic hydroxyl groups excluding tert-OH is 1. The van der Waals surface area contributed by atoms with Crippen molar-refractivity contribution in [2.45, 2.75) is 25.9 Å². The SMILES string of the molecule is CCOc1c(OC)cccc1C(O)C1CC1. The Bertz CT molecular complexity index is 358. The van der Waals surface area contributed by atoms with E-state index in [1.807, 2.05) is 25.1 Å². The Kier molecular flexibility index (Phi) is 3.34. The van der Waals surface area contributed by atoms with Crippen molar-refractivity contribution in [2.24, 2.45) is 5.92 Å². The average molecular weight is 222 g/mol. The molecule has 0 aliphatic heterocycles. The predicted molar refractivity (Wildman–Crippen MR) is 61.8 cm³/mol. The summed E-state index contributed by atoms with van der Waals surface area (Å²) in [5.74, 6) is 1.78. The number of hydrogen-bond donors (Lipinski definition) is 1. The van der Waals surface area contributed by atoms with Crippen LogP contribution in [0.4, 0.5) is 0 Å². The van der Waals surface area contributed by atoms with Crippen LogP contribution in [-0.2, 0) is 0 Å². The molecule has 1 N–H and O–H groups in total. The van der Waals surface area contributed by atoms with Gasteiger partial charge in [0.25, 0.3) is 0 Å². The summed E-state index contributed by atoms with van der Waals surface area (Å²) in [7, 11) is 1.62. The maximum Gasteiger partial charge on any atom is 0.166 e. The zero-order valence-electron chi connectivity index (χ0n) is 9.77. The summed E-state index contributed by atoms with van der Waals surface area (Å²) in [6.45, 7) is 2.50. The Balaban J connectivity index is 2.33. The van der Waals surface area contributed by atoms with Crippen molar-refractivity contribution in [2.75, 3.05) is 13.7 Å². The molecule has 1 aromatic carbocycles. The smallest absolute Gasteiger partial charge is 0.166 e. The monoisotopic (exact) mass is 222 g/mol. The van der Waals surface area contributed by atoms with E-state index in [4.69, 9.17) is 9.47 Å². The van der Waals surface area contributed by atoms with Crippen LogP contribution >= 0.6 is 0 Å². The lowest BCUT2D eigenvalue weighted by Gasteiger charge is -2.17. The number of hydrogen-bond acceptors (Lipinski definition) is 3. The first-order valence-electron chi connectivity index (χ1n) is 5.75. The van der Waals surface area contributed by atoms with Crippen molar-refractivity contribution in [1.29, 1.82) is 0 Å². The Morgan fingerprint density at radius 2 is 2.19 bits per heavy atom. The number of ether oxygens (including phenoxy) is 2. The molecule has 0 heterocycles. The summed E-state index contributed by atoms with van der Waals surface area (Å²) in [4.78, 5) is 0. The van der Waals surface area contributed by atoms with Gasteiger partial charge in [0, 0.05) is 5.56 Å². The van der Waals surface area contributed by atoms with Crippen molar-refractivity contribution >= 4 is 0 Å². The molecular weight excluding hydrogens is 204 g/mol. The van der Waals surface area contributed by atoms with Crippen LogP contribution in [0, 0.1) is 5.92 Å². The van der Waals surface area contributed by atoms with Gasteiger partial charge in [-0.1, -0.05) is 12.1 Å². The van der Waals surface area contributed by atoms with Gasteiger partial charge in [-0.15, -0.1) is 0 Å². The minimum absolute atomic E-state index is 0.395. The van der Waals surface area contributed by atoms with Crippen LogP contribution in [0.1, 0.15) is 31.4 Å². The second-order valence-corrected chi connectivity index (χ2v) is 4.09. The summed E-state index contributed by atoms with van der Waals surface area (Å²) < 4.78 is 10.8. The van der Waals surface area contributed by atoms with E-state index in [-0.39, 0.29) is 0 Å². The van der Waals surface area contributed by atoms with E-state index in [2.05, 4.69) is 0 Å². The molecule has 1 aliphatic carbocycles. The molecule has 3 nitrogen and oxygen atoms in total. The van der Waals surface area contributed by atoms with Crippen molar-refractivity contribution in [3.05, 3.63) is 23.8 Å². The third kappa shape index (κ3) is 2.14. The fraction of sp³-hybridized carbons (Fsp3) is 0.538. The molecule has 0 saturated heterocycles. The van der Waals surface area contributed by atoms with Gasteiger partial charge in [-0.2, -0.15) is 0 Å². The molecule has 0 amide bonds. The van der Waals surface area contributed by atoms with Crippen molar-refractivity contribution in [3.8, 4) is 11.5 Å². The lowest BCUT2D eigenvalue weighted by Crippen LogP contribution is -2.05. The highest BCUT2D eigenvalue weighted by Crippen LogP contribution is 2.45. The molecule has 88 valence electrons. The van der Waals surface area contributed by atoms with Gasteiger partial charge in [-0.25, -0.2) is 0 Å². The molecular formula is C13H18O3. The Morgan fingerprint density at radius 1 is 1.44 bits per heavy atom. The van der Waals surface area contributed by atoms with E-state index < -0.39 is 6.10 Å². The summed E-state index contributed by atoms with van der Waals surface area (Å²) in [5.41, 5.74) is 0.851. The van der Waals surface area contributed by atoms with Crippen LogP contribution in [0.3, 0.4) is 0 Å². The molecule has 0 bridgehead atoms. The minimum atomic E-state index is -0.420. The molecule has 1 unspecified atom stereocenters. The van der Waals surface area contributed by atoms with E-state index in [1.54, 1.807) is 7.11 Å². The lowest BCUT2D eigenvalue weighted by atomic mass is 10.0. The average Bonchev–Trinajstić information content (AvgIpc) is 3.13. The third-order valence-electron chi connectivity index (χ3n) is 2.91. The van der Waals surface area contributed by atoms with Crippen LogP contribution < -0.4 is 9.47 Å². The van der Waals surface area contributed by atoms with Crippen LogP contribution in [0.25, 0.3) is 0 Å². The van der Waals surface area contributed by atoms with Crippen molar-refractivity contribution in [3.63, 3.8) is 0 Å². The Labute approximate surface area is 96.0 Å². The van der Waals surface area contributed by atoms with E-state index in [9.17, 15) is 5.11 Å². The minimum Gasteiger partial charge on any atom is -0.493 e. The fourth-order valence-electron chi connectivity index (χ4n) is 1.89. The number of aliphatic hydroxyl groups is 1. The fourth-order valence-corrected chi connectivity index (χ4v) is 1.89. The van der Waals surface area contributed by atoms with Gasteiger partial charge in [0.15, 0.2) is 11.5 Å². The molecule has 16 heavy (non-hydrogen) atoms. The van der Waals surface area contributed by atoms with Gasteiger partial charge in [0.2, 0.25) is 0 Å². The quantitative estimate of drug-likeness (QED) is 0.832. The van der Waals surface area contributed by atoms with Gasteiger partial charge in [-0.05, 0) is 31.7 Å². The first kappa shape index (κ1) is 11.3. The van der Waals surface area contributed by atoms with Crippen LogP contribution in [0.5, 0.6) is 11.5 Å². The van der Waals surface area contributed by atoms with E-state index >= 15 is 0 Å². The largest absolute Gasteiger partial charge is 0.493 e. The highest BCUT2D eigenvalue weighted by molar-refractivity contribution is 5.48. The van der Waals surface area contributed by atoms with E-state index in [0.29, 0.717) is 24.0 Å². The molecule has 1 atom stereocenters. The first-order chi connectivity index (χ1) is 7.77. The Hall–Kier alpha value is -1.22. The number of benzene rings is 1. The van der Waals surface area contributed by atoms with Gasteiger partial charge in [0.05, 0.1) is 19.8 Å². The molecule has 0 radical (unpaired) electrons. The Morgan fingerprint density at radius 3 is 2.75 bits per heavy atom. The zero-order valence-corrected chi connectivity index (χ0v) is 9.77. The molecule has 1 saturated carbocycles. The maximum atomic E-state index is 10.2. The summed E-state index contributed by atoms with van der Waals surface area (Å²) in [5, 5.41) is 10.2. The second kappa shape index (κ2) is 4.74. The van der Waals surface area contributed by atoms with E-state index in [1.165, 1.54) is 0 Å². The number of rotatable bonds is 5. The molecule has 0 aromatic heterocycles. The van der Waals surface area contributed by atoms with Crippen molar-refractivity contribution < 1.29 is 14.6 Å². The van der Waals surface area contributed by atoms with Gasteiger partial charge < -0.3 is 14.6 Å². The lowest BCUT2D eigenvalue weighted by molar-refractivity contribution is 0.147. The van der Waals surface area contributed by atoms with Gasteiger partial charge in [-0.3, -0.25) is 0 Å². The topological polar surface area (TPSA) is 38.7 Å². The number of para-hydroxylation sites is 1. The highest BCUT2D eigenvalue weighted by Gasteiger charge is 2.33. The van der Waals surface area contributed by atoms with Crippen LogP contribution in [0.2, 0.25) is 0 Å². The number of methoxy groups -OCH3 is 1. The first-order valence-corrected chi connectivity index (χ1v) is 5.75. The zero-order chi connectivity index (χ0) is 11.5. The second-order valence-electron chi connectivity index (χ2n) is 4.09. The summed E-state index contributed by atoms with van der Waals surface area (Å²) >= 11 is 0. The van der Waals surface area contributed by atoms with Crippen molar-refractivity contribution in [1.82, 2.24) is 0 Å². The maximum absolute atomic E-state index is 10.2. The predicted octanol–water partition coefficient (Wildman–Crippen LogP) is 2.54. The van der Waals surface area contributed by atoms with Gasteiger partial charge in [0.1, 0.15) is 0 Å². The molecule has 0 spiro atoms. The molecule has 3 heteroatoms. The summed E-state index contributed by atoms with van der Waals surface area (Å²) in [6, 6.07) is 5.66. The molecule has 1 aromatic rings. The van der Waals surface area contributed by atoms with E-state index in [0.717, 1.165) is 18.4 Å². The highest BCUT2D eigenvalue weighted by atomic mass is 16.5. The van der Waals surface area contributed by atoms with Crippen LogP contribution in [-0.4, -0.2) is 18.8 Å². The normalized spacial score (nSPS) is 16.9. The third-order valence-corrected chi connectivity index (χ3v) is 2.91. The standard InChI is InChI=1S/C13H18O3/c1-3-16-13-10(12(14)9-7-8-9)5-4-6-11(13)15-2/h4-6,9,12,14H,3,7-8H2,1-2H3. The summed E-state index contributed by atoms with van der Waals surface area (Å²) in [6.07, 6.45) is 1.78. The van der Waals surface area contributed by atoms with Gasteiger partial charge >= 0.3 is 0 Å². The molecule has 1 fully saturated rings. The molecule has 2 rings (SSSR count). The van der Waals surface area contributed by atoms with Crippen LogP contribution in [0.15, 0.2) is 18.2 Å².